The number of hydrogen-bond acceptors (Lipinski definition) is 4. The van der Waals surface area contributed by atoms with Crippen LogP contribution in [0.2, 0.25) is 10.0 Å². The van der Waals surface area contributed by atoms with Crippen molar-refractivity contribution in [3.8, 4) is 0 Å². The van der Waals surface area contributed by atoms with Gasteiger partial charge in [0.25, 0.3) is 0 Å². The topological polar surface area (TPSA) is 73.8 Å². The summed E-state index contributed by atoms with van der Waals surface area (Å²) in [6, 6.07) is 5.39. The maximum absolute atomic E-state index is 11.4. The highest BCUT2D eigenvalue weighted by atomic mass is 35.5. The van der Waals surface area contributed by atoms with Crippen molar-refractivity contribution in [1.82, 2.24) is 15.5 Å². The van der Waals surface area contributed by atoms with Gasteiger partial charge in [-0.15, -0.1) is 0 Å². The highest BCUT2D eigenvalue weighted by Crippen LogP contribution is 2.25. The van der Waals surface area contributed by atoms with Crippen LogP contribution in [0.3, 0.4) is 0 Å². The molecule has 6 nitrogen and oxygen atoms in total. The molecule has 1 saturated heterocycles. The molecule has 0 aliphatic carbocycles. The monoisotopic (exact) mass is 406 g/mol. The molecule has 1 fully saturated rings. The Kier molecular flexibility index (Phi) is 7.37. The molecule has 1 aliphatic rings. The summed E-state index contributed by atoms with van der Waals surface area (Å²) in [4.78, 5) is 6.36. The highest BCUT2D eigenvalue weighted by molar-refractivity contribution is 7.91. The number of nitrogens with zero attached hydrogens (tertiary/aromatic N) is 2. The van der Waals surface area contributed by atoms with E-state index in [-0.39, 0.29) is 17.5 Å². The van der Waals surface area contributed by atoms with E-state index >= 15 is 0 Å². The minimum absolute atomic E-state index is 0.0314. The summed E-state index contributed by atoms with van der Waals surface area (Å²) < 4.78 is 22.9. The number of nitrogens with one attached hydrogen (secondary N) is 2. The zero-order chi connectivity index (χ0) is 18.4. The first-order valence-corrected chi connectivity index (χ1v) is 10.7. The Hall–Kier alpha value is -1.02. The van der Waals surface area contributed by atoms with Crippen LogP contribution < -0.4 is 10.6 Å². The molecule has 0 spiro atoms. The highest BCUT2D eigenvalue weighted by Gasteiger charge is 2.21. The maximum Gasteiger partial charge on any atom is 0.191 e. The summed E-state index contributed by atoms with van der Waals surface area (Å²) in [5.41, 5.74) is 0.940. The summed E-state index contributed by atoms with van der Waals surface area (Å²) in [5.74, 6) is 1.15. The average Bonchev–Trinajstić information content (AvgIpc) is 2.55. The molecule has 0 bridgehead atoms. The minimum atomic E-state index is -2.84. The van der Waals surface area contributed by atoms with E-state index in [0.29, 0.717) is 35.6 Å². The van der Waals surface area contributed by atoms with Crippen LogP contribution in [0, 0.1) is 0 Å². The van der Waals surface area contributed by atoms with Gasteiger partial charge in [-0.2, -0.15) is 0 Å². The molecule has 0 saturated carbocycles. The third-order valence-corrected chi connectivity index (χ3v) is 6.33. The second kappa shape index (κ2) is 9.07. The second-order valence-electron chi connectivity index (χ2n) is 6.02. The van der Waals surface area contributed by atoms with E-state index in [9.17, 15) is 8.42 Å². The van der Waals surface area contributed by atoms with E-state index in [1.807, 2.05) is 19.1 Å². The van der Waals surface area contributed by atoms with Crippen LogP contribution in [0.15, 0.2) is 23.2 Å². The van der Waals surface area contributed by atoms with Crippen molar-refractivity contribution in [1.29, 1.82) is 0 Å². The lowest BCUT2D eigenvalue weighted by Crippen LogP contribution is -2.46. The molecule has 9 heteroatoms. The molecule has 2 rings (SSSR count). The third-order valence-electron chi connectivity index (χ3n) is 4.16. The van der Waals surface area contributed by atoms with E-state index in [1.54, 1.807) is 13.1 Å². The fourth-order valence-corrected chi connectivity index (χ4v) is 4.49. The van der Waals surface area contributed by atoms with Crippen molar-refractivity contribution in [2.75, 3.05) is 44.7 Å². The standard InChI is InChI=1S/C16H24Cl2N4O2S/c1-12(14-4-3-13(17)11-15(14)18)21-16(19-2)20-5-6-22-7-9-25(23,24)10-8-22/h3-4,11-12H,5-10H2,1-2H3,(H2,19,20,21). The molecule has 25 heavy (non-hydrogen) atoms. The molecule has 140 valence electrons. The summed E-state index contributed by atoms with van der Waals surface area (Å²) in [6.07, 6.45) is 0. The Bertz CT molecular complexity index is 711. The smallest absolute Gasteiger partial charge is 0.191 e. The van der Waals surface area contributed by atoms with Crippen LogP contribution in [0.4, 0.5) is 0 Å². The Morgan fingerprint density at radius 2 is 2.00 bits per heavy atom. The number of aliphatic imine (C=N–C) groups is 1. The predicted molar refractivity (Wildman–Crippen MR) is 104 cm³/mol. The predicted octanol–water partition coefficient (Wildman–Crippen LogP) is 1.95. The Morgan fingerprint density at radius 3 is 2.60 bits per heavy atom. The molecule has 1 heterocycles. The number of hydrogen-bond donors (Lipinski definition) is 2. The summed E-state index contributed by atoms with van der Waals surface area (Å²) in [6.45, 7) is 4.63. The maximum atomic E-state index is 11.4. The van der Waals surface area contributed by atoms with Crippen LogP contribution in [-0.2, 0) is 9.84 Å². The minimum Gasteiger partial charge on any atom is -0.355 e. The van der Waals surface area contributed by atoms with Crippen LogP contribution in [-0.4, -0.2) is 64.0 Å². The molecule has 2 N–H and O–H groups in total. The van der Waals surface area contributed by atoms with Gasteiger partial charge in [-0.1, -0.05) is 29.3 Å². The number of sulfone groups is 1. The average molecular weight is 407 g/mol. The lowest BCUT2D eigenvalue weighted by molar-refractivity contribution is 0.299. The molecule has 0 aromatic heterocycles. The third kappa shape index (κ3) is 6.33. The SMILES string of the molecule is CN=C(NCCN1CCS(=O)(=O)CC1)NC(C)c1ccc(Cl)cc1Cl. The first kappa shape index (κ1) is 20.3. The zero-order valence-electron chi connectivity index (χ0n) is 14.4. The Labute approximate surface area is 159 Å². The van der Waals surface area contributed by atoms with E-state index in [4.69, 9.17) is 23.2 Å². The molecule has 1 unspecified atom stereocenters. The first-order chi connectivity index (χ1) is 11.8. The van der Waals surface area contributed by atoms with Gasteiger partial charge < -0.3 is 10.6 Å². The summed E-state index contributed by atoms with van der Waals surface area (Å²) >= 11 is 12.2. The van der Waals surface area contributed by atoms with Crippen LogP contribution in [0.25, 0.3) is 0 Å². The summed E-state index contributed by atoms with van der Waals surface area (Å²) in [5, 5.41) is 7.75. The van der Waals surface area contributed by atoms with Crippen molar-refractivity contribution in [3.05, 3.63) is 33.8 Å². The van der Waals surface area contributed by atoms with Gasteiger partial charge in [0.2, 0.25) is 0 Å². The molecule has 0 amide bonds. The van der Waals surface area contributed by atoms with E-state index in [0.717, 1.165) is 12.1 Å². The molecular weight excluding hydrogens is 383 g/mol. The molecule has 1 aromatic rings. The van der Waals surface area contributed by atoms with Gasteiger partial charge in [-0.25, -0.2) is 8.42 Å². The number of benzene rings is 1. The lowest BCUT2D eigenvalue weighted by atomic mass is 10.1. The fourth-order valence-electron chi connectivity index (χ4n) is 2.64. The fraction of sp³-hybridized carbons (Fsp3) is 0.562. The number of guanidine groups is 1. The van der Waals surface area contributed by atoms with Crippen LogP contribution in [0.5, 0.6) is 0 Å². The van der Waals surface area contributed by atoms with Gasteiger partial charge in [0.05, 0.1) is 17.5 Å². The normalized spacial score (nSPS) is 19.4. The molecule has 1 aliphatic heterocycles. The zero-order valence-corrected chi connectivity index (χ0v) is 16.8. The van der Waals surface area contributed by atoms with Gasteiger partial charge in [-0.05, 0) is 24.6 Å². The van der Waals surface area contributed by atoms with Gasteiger partial charge in [0.1, 0.15) is 0 Å². The van der Waals surface area contributed by atoms with Crippen molar-refractivity contribution >= 4 is 39.0 Å². The largest absolute Gasteiger partial charge is 0.355 e. The molecular formula is C16H24Cl2N4O2S. The van der Waals surface area contributed by atoms with Gasteiger partial charge in [-0.3, -0.25) is 9.89 Å². The van der Waals surface area contributed by atoms with Crippen LogP contribution in [0.1, 0.15) is 18.5 Å². The van der Waals surface area contributed by atoms with Gasteiger partial charge in [0.15, 0.2) is 15.8 Å². The number of rotatable bonds is 5. The Balaban J connectivity index is 1.80. The van der Waals surface area contributed by atoms with Gasteiger partial charge in [0, 0.05) is 43.3 Å². The van der Waals surface area contributed by atoms with Crippen LogP contribution >= 0.6 is 23.2 Å². The molecule has 1 aromatic carbocycles. The quantitative estimate of drug-likeness (QED) is 0.577. The van der Waals surface area contributed by atoms with Crippen molar-refractivity contribution in [3.63, 3.8) is 0 Å². The van der Waals surface area contributed by atoms with Crippen molar-refractivity contribution < 1.29 is 8.42 Å². The Morgan fingerprint density at radius 1 is 1.32 bits per heavy atom. The first-order valence-electron chi connectivity index (χ1n) is 8.15. The second-order valence-corrected chi connectivity index (χ2v) is 9.17. The van der Waals surface area contributed by atoms with Crippen molar-refractivity contribution in [2.45, 2.75) is 13.0 Å². The van der Waals surface area contributed by atoms with E-state index < -0.39 is 9.84 Å². The molecule has 0 radical (unpaired) electrons. The van der Waals surface area contributed by atoms with Gasteiger partial charge >= 0.3 is 0 Å². The van der Waals surface area contributed by atoms with E-state index in [2.05, 4.69) is 20.5 Å². The lowest BCUT2D eigenvalue weighted by Gasteiger charge is -2.27. The summed E-state index contributed by atoms with van der Waals surface area (Å²) in [7, 11) is -1.13. The van der Waals surface area contributed by atoms with Crippen molar-refractivity contribution in [2.24, 2.45) is 4.99 Å². The number of halogens is 2. The van der Waals surface area contributed by atoms with E-state index in [1.165, 1.54) is 0 Å². The molecule has 1 atom stereocenters.